The van der Waals surface area contributed by atoms with Crippen LogP contribution in [0.4, 0.5) is 10.1 Å². The van der Waals surface area contributed by atoms with Gasteiger partial charge < -0.3 is 10.2 Å². The first-order valence-corrected chi connectivity index (χ1v) is 10.6. The number of carbonyl (C=O) groups is 1. The highest BCUT2D eigenvalue weighted by molar-refractivity contribution is 7.91. The maximum Gasteiger partial charge on any atom is 0.269 e. The number of rotatable bonds is 6. The van der Waals surface area contributed by atoms with E-state index in [0.717, 1.165) is 11.3 Å². The number of nitrogens with one attached hydrogen (secondary N) is 1. The Kier molecular flexibility index (Phi) is 5.74. The monoisotopic (exact) mass is 391 g/mol. The Morgan fingerprint density at radius 2 is 2.00 bits per heavy atom. The molecular weight excluding hydrogens is 369 g/mol. The van der Waals surface area contributed by atoms with Crippen molar-refractivity contribution < 1.29 is 17.6 Å². The first-order chi connectivity index (χ1) is 12.8. The molecule has 27 heavy (non-hydrogen) atoms. The number of hydrogen-bond acceptors (Lipinski definition) is 5. The van der Waals surface area contributed by atoms with Gasteiger partial charge in [0.15, 0.2) is 9.84 Å². The van der Waals surface area contributed by atoms with Gasteiger partial charge in [-0.05, 0) is 42.7 Å². The van der Waals surface area contributed by atoms with Crippen molar-refractivity contribution in [1.29, 1.82) is 0 Å². The molecule has 2 heterocycles. The molecule has 1 N–H and O–H groups in total. The fourth-order valence-corrected chi connectivity index (χ4v) is 4.86. The largest absolute Gasteiger partial charge is 0.369 e. The molecule has 1 aliphatic rings. The Morgan fingerprint density at radius 1 is 1.26 bits per heavy atom. The highest BCUT2D eigenvalue weighted by atomic mass is 32.2. The molecule has 0 radical (unpaired) electrons. The predicted octanol–water partition coefficient (Wildman–Crippen LogP) is 1.82. The fraction of sp³-hybridized carbons (Fsp3) is 0.368. The number of carbonyl (C=O) groups excluding carboxylic acids is 1. The van der Waals surface area contributed by atoms with Crippen LogP contribution in [0.15, 0.2) is 42.6 Å². The molecular formula is C19H22FN3O3S. The number of aromatic nitrogens is 1. The van der Waals surface area contributed by atoms with Gasteiger partial charge >= 0.3 is 0 Å². The zero-order chi connectivity index (χ0) is 19.4. The molecule has 8 heteroatoms. The van der Waals surface area contributed by atoms with Crippen LogP contribution in [0, 0.1) is 5.82 Å². The summed E-state index contributed by atoms with van der Waals surface area (Å²) in [6, 6.07) is 9.50. The third-order valence-electron chi connectivity index (χ3n) is 4.76. The fourth-order valence-electron chi connectivity index (χ4n) is 3.08. The molecule has 0 saturated carbocycles. The first kappa shape index (κ1) is 19.3. The zero-order valence-corrected chi connectivity index (χ0v) is 15.9. The van der Waals surface area contributed by atoms with E-state index in [0.29, 0.717) is 25.1 Å². The van der Waals surface area contributed by atoms with Gasteiger partial charge in [0, 0.05) is 19.6 Å². The van der Waals surface area contributed by atoms with Crippen molar-refractivity contribution in [2.24, 2.45) is 0 Å². The van der Waals surface area contributed by atoms with Crippen molar-refractivity contribution in [2.45, 2.75) is 18.9 Å². The third kappa shape index (κ3) is 5.03. The molecule has 3 rings (SSSR count). The molecule has 0 spiro atoms. The van der Waals surface area contributed by atoms with E-state index in [4.69, 9.17) is 0 Å². The van der Waals surface area contributed by atoms with Crippen LogP contribution >= 0.6 is 0 Å². The summed E-state index contributed by atoms with van der Waals surface area (Å²) < 4.78 is 36.1. The number of pyridine rings is 1. The summed E-state index contributed by atoms with van der Waals surface area (Å²) in [5.74, 6) is -0.207. The molecule has 1 aromatic heterocycles. The Labute approximate surface area is 158 Å². The Hall–Kier alpha value is -2.48. The molecule has 6 nitrogen and oxygen atoms in total. The van der Waals surface area contributed by atoms with E-state index in [1.807, 2.05) is 11.9 Å². The van der Waals surface area contributed by atoms with Crippen LogP contribution < -0.4 is 10.2 Å². The number of halogens is 1. The van der Waals surface area contributed by atoms with Gasteiger partial charge in [0.25, 0.3) is 5.91 Å². The lowest BCUT2D eigenvalue weighted by atomic mass is 10.1. The molecule has 2 aromatic rings. The van der Waals surface area contributed by atoms with Crippen LogP contribution in [0.2, 0.25) is 0 Å². The summed E-state index contributed by atoms with van der Waals surface area (Å²) in [6.45, 7) is 0.424. The molecule has 0 aliphatic carbocycles. The predicted molar refractivity (Wildman–Crippen MR) is 102 cm³/mol. The minimum Gasteiger partial charge on any atom is -0.369 e. The molecule has 1 saturated heterocycles. The van der Waals surface area contributed by atoms with Crippen LogP contribution in [-0.2, 0) is 16.3 Å². The summed E-state index contributed by atoms with van der Waals surface area (Å²) in [6.07, 6.45) is 2.78. The molecule has 1 fully saturated rings. The van der Waals surface area contributed by atoms with Crippen molar-refractivity contribution in [3.63, 3.8) is 0 Å². The number of sulfone groups is 1. The maximum absolute atomic E-state index is 12.9. The van der Waals surface area contributed by atoms with E-state index in [-0.39, 0.29) is 29.3 Å². The number of nitrogens with zero attached hydrogens (tertiary/aromatic N) is 2. The SMILES string of the molecule is CN(c1ccc(C(=O)NCCc2ccc(F)cc2)nc1)C1CCS(=O)(=O)C1. The van der Waals surface area contributed by atoms with Crippen LogP contribution in [0.1, 0.15) is 22.5 Å². The molecule has 1 unspecified atom stereocenters. The van der Waals surface area contributed by atoms with Crippen molar-refractivity contribution in [2.75, 3.05) is 30.0 Å². The second kappa shape index (κ2) is 8.04. The third-order valence-corrected chi connectivity index (χ3v) is 6.51. The highest BCUT2D eigenvalue weighted by Crippen LogP contribution is 2.22. The Balaban J connectivity index is 1.53. The topological polar surface area (TPSA) is 79.4 Å². The molecule has 1 amide bonds. The molecule has 1 aromatic carbocycles. The van der Waals surface area contributed by atoms with Gasteiger partial charge in [0.05, 0.1) is 23.4 Å². The number of amides is 1. The second-order valence-corrected chi connectivity index (χ2v) is 8.93. The second-order valence-electron chi connectivity index (χ2n) is 6.70. The Bertz CT molecular complexity index is 899. The van der Waals surface area contributed by atoms with Crippen LogP contribution in [0.5, 0.6) is 0 Å². The van der Waals surface area contributed by atoms with Crippen molar-refractivity contribution in [1.82, 2.24) is 10.3 Å². The highest BCUT2D eigenvalue weighted by Gasteiger charge is 2.30. The van der Waals surface area contributed by atoms with Crippen LogP contribution in [0.3, 0.4) is 0 Å². The van der Waals surface area contributed by atoms with Gasteiger partial charge in [0.2, 0.25) is 0 Å². The molecule has 144 valence electrons. The summed E-state index contributed by atoms with van der Waals surface area (Å²) >= 11 is 0. The van der Waals surface area contributed by atoms with Crippen molar-refractivity contribution in [3.05, 3.63) is 59.7 Å². The first-order valence-electron chi connectivity index (χ1n) is 8.76. The zero-order valence-electron chi connectivity index (χ0n) is 15.1. The lowest BCUT2D eigenvalue weighted by Crippen LogP contribution is -2.32. The van der Waals surface area contributed by atoms with Gasteiger partial charge in [0.1, 0.15) is 11.5 Å². The molecule has 0 bridgehead atoms. The van der Waals surface area contributed by atoms with E-state index in [1.54, 1.807) is 30.5 Å². The van der Waals surface area contributed by atoms with Gasteiger partial charge in [-0.25, -0.2) is 17.8 Å². The van der Waals surface area contributed by atoms with Crippen LogP contribution in [0.25, 0.3) is 0 Å². The number of anilines is 1. The standard InChI is InChI=1S/C19H22FN3O3S/c1-23(17-9-11-27(25,26)13-17)16-6-7-18(22-12-16)19(24)21-10-8-14-2-4-15(20)5-3-14/h2-7,12,17H,8-11,13H2,1H3,(H,21,24). The number of benzene rings is 1. The lowest BCUT2D eigenvalue weighted by Gasteiger charge is -2.25. The summed E-state index contributed by atoms with van der Waals surface area (Å²) in [5.41, 5.74) is 2.01. The van der Waals surface area contributed by atoms with E-state index in [9.17, 15) is 17.6 Å². The molecule has 1 atom stereocenters. The average Bonchev–Trinajstić information content (AvgIpc) is 3.02. The van der Waals surface area contributed by atoms with Crippen LogP contribution in [-0.4, -0.2) is 50.4 Å². The van der Waals surface area contributed by atoms with Gasteiger partial charge in [-0.3, -0.25) is 4.79 Å². The van der Waals surface area contributed by atoms with E-state index in [2.05, 4.69) is 10.3 Å². The van der Waals surface area contributed by atoms with Gasteiger partial charge in [-0.2, -0.15) is 0 Å². The molecule has 1 aliphatic heterocycles. The summed E-state index contributed by atoms with van der Waals surface area (Å²) in [5, 5.41) is 2.79. The smallest absolute Gasteiger partial charge is 0.269 e. The van der Waals surface area contributed by atoms with E-state index < -0.39 is 9.84 Å². The quantitative estimate of drug-likeness (QED) is 0.813. The lowest BCUT2D eigenvalue weighted by molar-refractivity contribution is 0.0949. The summed E-state index contributed by atoms with van der Waals surface area (Å²) in [4.78, 5) is 18.3. The minimum atomic E-state index is -2.95. The van der Waals surface area contributed by atoms with Crippen molar-refractivity contribution in [3.8, 4) is 0 Å². The van der Waals surface area contributed by atoms with E-state index >= 15 is 0 Å². The normalized spacial score (nSPS) is 18.2. The van der Waals surface area contributed by atoms with Gasteiger partial charge in [-0.1, -0.05) is 12.1 Å². The maximum atomic E-state index is 12.9. The number of hydrogen-bond donors (Lipinski definition) is 1. The minimum absolute atomic E-state index is 0.0628. The average molecular weight is 391 g/mol. The van der Waals surface area contributed by atoms with Gasteiger partial charge in [-0.15, -0.1) is 0 Å². The Morgan fingerprint density at radius 3 is 2.59 bits per heavy atom. The van der Waals surface area contributed by atoms with E-state index in [1.165, 1.54) is 12.1 Å². The van der Waals surface area contributed by atoms with Crippen molar-refractivity contribution >= 4 is 21.4 Å². The summed E-state index contributed by atoms with van der Waals surface area (Å²) in [7, 11) is -1.11.